The molecule has 148 valence electrons. The summed E-state index contributed by atoms with van der Waals surface area (Å²) < 4.78 is 0. The van der Waals surface area contributed by atoms with Crippen LogP contribution in [0.1, 0.15) is 36.0 Å². The van der Waals surface area contributed by atoms with Gasteiger partial charge in [0.1, 0.15) is 5.82 Å². The van der Waals surface area contributed by atoms with E-state index in [0.29, 0.717) is 28.4 Å². The van der Waals surface area contributed by atoms with E-state index < -0.39 is 0 Å². The van der Waals surface area contributed by atoms with Crippen LogP contribution in [-0.4, -0.2) is 41.0 Å². The van der Waals surface area contributed by atoms with Gasteiger partial charge in [-0.05, 0) is 55.4 Å². The molecule has 0 radical (unpaired) electrons. The molecule has 1 aromatic carbocycles. The minimum atomic E-state index is -0.125. The molecule has 1 spiro atoms. The second-order valence-corrected chi connectivity index (χ2v) is 8.12. The summed E-state index contributed by atoms with van der Waals surface area (Å²) in [5.41, 5.74) is 9.62. The lowest BCUT2D eigenvalue weighted by Gasteiger charge is -2.32. The molecule has 3 heterocycles. The van der Waals surface area contributed by atoms with Gasteiger partial charge < -0.3 is 16.0 Å². The zero-order valence-electron chi connectivity index (χ0n) is 16.5. The van der Waals surface area contributed by atoms with Gasteiger partial charge >= 0.3 is 0 Å². The van der Waals surface area contributed by atoms with Crippen molar-refractivity contribution >= 4 is 28.7 Å². The predicted molar refractivity (Wildman–Crippen MR) is 114 cm³/mol. The quantitative estimate of drug-likeness (QED) is 0.716. The average Bonchev–Trinajstić information content (AvgIpc) is 3.52. The summed E-state index contributed by atoms with van der Waals surface area (Å²) in [6.45, 7) is 1.94. The molecule has 1 saturated heterocycles. The van der Waals surface area contributed by atoms with Gasteiger partial charge in [0.2, 0.25) is 5.95 Å². The van der Waals surface area contributed by atoms with Crippen molar-refractivity contribution in [1.82, 2.24) is 20.3 Å². The Hall–Kier alpha value is -3.22. The highest BCUT2D eigenvalue weighted by atomic mass is 16.1. The Morgan fingerprint density at radius 3 is 2.59 bits per heavy atom. The van der Waals surface area contributed by atoms with Crippen molar-refractivity contribution in [3.63, 3.8) is 0 Å². The number of piperidine rings is 1. The molecule has 7 nitrogen and oxygen atoms in total. The molecule has 1 amide bonds. The molecule has 7 heteroatoms. The van der Waals surface area contributed by atoms with E-state index in [9.17, 15) is 4.79 Å². The first-order valence-corrected chi connectivity index (χ1v) is 10.1. The summed E-state index contributed by atoms with van der Waals surface area (Å²) in [4.78, 5) is 28.2. The molecule has 3 aromatic rings. The monoisotopic (exact) mass is 388 g/mol. The first kappa shape index (κ1) is 17.8. The number of anilines is 2. The van der Waals surface area contributed by atoms with Crippen LogP contribution in [0, 0.1) is 5.41 Å². The third kappa shape index (κ3) is 3.26. The van der Waals surface area contributed by atoms with Gasteiger partial charge in [-0.25, -0.2) is 4.98 Å². The van der Waals surface area contributed by atoms with Crippen LogP contribution >= 0.6 is 0 Å². The van der Waals surface area contributed by atoms with Crippen molar-refractivity contribution in [2.24, 2.45) is 5.41 Å². The lowest BCUT2D eigenvalue weighted by Crippen LogP contribution is -2.35. The average molecular weight is 388 g/mol. The van der Waals surface area contributed by atoms with Crippen molar-refractivity contribution in [1.29, 1.82) is 0 Å². The zero-order chi connectivity index (χ0) is 20.0. The number of carbonyl (C=O) groups excluding carboxylic acids is 1. The van der Waals surface area contributed by atoms with Crippen LogP contribution in [-0.2, 0) is 0 Å². The number of nitrogens with one attached hydrogen (secondary N) is 1. The molecule has 0 atom stereocenters. The van der Waals surface area contributed by atoms with Gasteiger partial charge in [0, 0.05) is 31.3 Å². The molecule has 1 aliphatic heterocycles. The highest BCUT2D eigenvalue weighted by Crippen LogP contribution is 2.53. The number of nitrogens with two attached hydrogens (primary N) is 1. The van der Waals surface area contributed by atoms with Gasteiger partial charge in [0.15, 0.2) is 5.65 Å². The lowest BCUT2D eigenvalue weighted by molar-refractivity contribution is 0.0963. The molecule has 0 unspecified atom stereocenters. The van der Waals surface area contributed by atoms with Crippen LogP contribution < -0.4 is 16.0 Å². The number of hydrogen-bond donors (Lipinski definition) is 2. The van der Waals surface area contributed by atoms with Crippen LogP contribution in [0.2, 0.25) is 0 Å². The van der Waals surface area contributed by atoms with E-state index >= 15 is 0 Å². The molecule has 1 aliphatic carbocycles. The molecule has 2 aromatic heterocycles. The van der Waals surface area contributed by atoms with Crippen molar-refractivity contribution in [3.05, 3.63) is 42.0 Å². The van der Waals surface area contributed by atoms with Crippen molar-refractivity contribution in [2.45, 2.75) is 25.7 Å². The third-order valence-corrected chi connectivity index (χ3v) is 6.29. The summed E-state index contributed by atoms with van der Waals surface area (Å²) in [6.07, 6.45) is 5.13. The minimum absolute atomic E-state index is 0.125. The molecule has 2 fully saturated rings. The second kappa shape index (κ2) is 6.69. The number of rotatable bonds is 3. The highest BCUT2D eigenvalue weighted by Gasteiger charge is 2.44. The maximum atomic E-state index is 11.9. The fourth-order valence-corrected chi connectivity index (χ4v) is 4.15. The highest BCUT2D eigenvalue weighted by molar-refractivity contribution is 5.95. The van der Waals surface area contributed by atoms with E-state index in [1.54, 1.807) is 13.1 Å². The van der Waals surface area contributed by atoms with E-state index in [1.165, 1.54) is 25.7 Å². The van der Waals surface area contributed by atoms with E-state index in [0.717, 1.165) is 29.7 Å². The molecular formula is C22H24N6O. The van der Waals surface area contributed by atoms with Crippen LogP contribution in [0.3, 0.4) is 0 Å². The Kier molecular flexibility index (Phi) is 4.12. The Morgan fingerprint density at radius 1 is 1.07 bits per heavy atom. The zero-order valence-corrected chi connectivity index (χ0v) is 16.5. The number of hydrogen-bond acceptors (Lipinski definition) is 6. The van der Waals surface area contributed by atoms with Gasteiger partial charge in [-0.3, -0.25) is 4.79 Å². The Balaban J connectivity index is 1.50. The largest absolute Gasteiger partial charge is 0.383 e. The number of pyridine rings is 1. The molecule has 2 aliphatic rings. The second-order valence-electron chi connectivity index (χ2n) is 8.12. The first-order valence-electron chi connectivity index (χ1n) is 10.1. The first-order chi connectivity index (χ1) is 14.1. The summed E-state index contributed by atoms with van der Waals surface area (Å²) in [5.74, 6) is 0.990. The fourth-order valence-electron chi connectivity index (χ4n) is 4.15. The minimum Gasteiger partial charge on any atom is -0.383 e. The fraction of sp³-hybridized carbons (Fsp3) is 0.364. The van der Waals surface area contributed by atoms with Crippen LogP contribution in [0.15, 0.2) is 36.4 Å². The maximum Gasteiger partial charge on any atom is 0.251 e. The SMILES string of the molecule is CNC(=O)c1cccc(-c2ccc3c(N)nc(N4CCC5(CC4)CC5)nc3n2)c1. The Bertz CT molecular complexity index is 1100. The summed E-state index contributed by atoms with van der Waals surface area (Å²) in [6, 6.07) is 11.2. The summed E-state index contributed by atoms with van der Waals surface area (Å²) in [5, 5.41) is 3.39. The Labute approximate surface area is 169 Å². The predicted octanol–water partition coefficient (Wildman–Crippen LogP) is 3.01. The van der Waals surface area contributed by atoms with E-state index in [-0.39, 0.29) is 5.91 Å². The number of nitrogens with zero attached hydrogens (tertiary/aromatic N) is 4. The van der Waals surface area contributed by atoms with Crippen molar-refractivity contribution < 1.29 is 4.79 Å². The van der Waals surface area contributed by atoms with E-state index in [2.05, 4.69) is 15.2 Å². The van der Waals surface area contributed by atoms with Crippen molar-refractivity contribution in [2.75, 3.05) is 30.8 Å². The summed E-state index contributed by atoms with van der Waals surface area (Å²) >= 11 is 0. The standard InChI is InChI=1S/C22H24N6O/c1-24-20(29)15-4-2-3-14(13-15)17-6-5-16-18(23)26-21(27-19(16)25-17)28-11-9-22(7-8-22)10-12-28/h2-6,13H,7-12H2,1H3,(H,24,29)(H2,23,25,26,27). The number of amides is 1. The number of carbonyl (C=O) groups is 1. The van der Waals surface area contributed by atoms with Gasteiger partial charge in [-0.2, -0.15) is 9.97 Å². The van der Waals surface area contributed by atoms with Gasteiger partial charge in [0.05, 0.1) is 11.1 Å². The number of fused-ring (bicyclic) bond motifs is 1. The van der Waals surface area contributed by atoms with E-state index in [1.807, 2.05) is 30.3 Å². The molecular weight excluding hydrogens is 364 g/mol. The van der Waals surface area contributed by atoms with Crippen LogP contribution in [0.5, 0.6) is 0 Å². The van der Waals surface area contributed by atoms with Crippen LogP contribution in [0.4, 0.5) is 11.8 Å². The van der Waals surface area contributed by atoms with Gasteiger partial charge in [-0.1, -0.05) is 12.1 Å². The molecule has 1 saturated carbocycles. The third-order valence-electron chi connectivity index (χ3n) is 6.29. The molecule has 0 bridgehead atoms. The topological polar surface area (TPSA) is 97.0 Å². The number of nitrogen functional groups attached to an aromatic ring is 1. The van der Waals surface area contributed by atoms with Crippen LogP contribution in [0.25, 0.3) is 22.3 Å². The van der Waals surface area contributed by atoms with Gasteiger partial charge in [-0.15, -0.1) is 0 Å². The molecule has 3 N–H and O–H groups in total. The van der Waals surface area contributed by atoms with Gasteiger partial charge in [0.25, 0.3) is 5.91 Å². The van der Waals surface area contributed by atoms with E-state index in [4.69, 9.17) is 15.7 Å². The normalized spacial score (nSPS) is 17.5. The molecule has 5 rings (SSSR count). The maximum absolute atomic E-state index is 11.9. The Morgan fingerprint density at radius 2 is 1.86 bits per heavy atom. The molecule has 29 heavy (non-hydrogen) atoms. The number of benzene rings is 1. The smallest absolute Gasteiger partial charge is 0.251 e. The van der Waals surface area contributed by atoms with Crippen molar-refractivity contribution in [3.8, 4) is 11.3 Å². The number of aromatic nitrogens is 3. The summed E-state index contributed by atoms with van der Waals surface area (Å²) in [7, 11) is 1.62. The lowest BCUT2D eigenvalue weighted by atomic mass is 9.94.